The van der Waals surface area contributed by atoms with Crippen LogP contribution in [0.25, 0.3) is 0 Å². The molecular formula is C23H25N3O2. The third kappa shape index (κ3) is 4.68. The number of pyridine rings is 1. The molecule has 0 radical (unpaired) electrons. The number of anilines is 2. The Morgan fingerprint density at radius 1 is 1.00 bits per heavy atom. The number of aryl methyl sites for hydroxylation is 3. The van der Waals surface area contributed by atoms with Crippen molar-refractivity contribution in [2.75, 3.05) is 17.7 Å². The van der Waals surface area contributed by atoms with Crippen molar-refractivity contribution < 1.29 is 9.53 Å². The molecule has 0 saturated heterocycles. The molecule has 0 aliphatic heterocycles. The van der Waals surface area contributed by atoms with Gasteiger partial charge in [-0.05, 0) is 61.7 Å². The molecule has 3 aromatic rings. The van der Waals surface area contributed by atoms with Gasteiger partial charge in [-0.1, -0.05) is 29.8 Å². The zero-order chi connectivity index (χ0) is 20.1. The molecule has 0 saturated carbocycles. The number of aromatic nitrogens is 1. The molecule has 1 amide bonds. The summed E-state index contributed by atoms with van der Waals surface area (Å²) >= 11 is 0. The number of carbonyl (C=O) groups excluding carboxylic acids is 1. The Morgan fingerprint density at radius 3 is 2.32 bits per heavy atom. The molecule has 1 aromatic heterocycles. The summed E-state index contributed by atoms with van der Waals surface area (Å²) in [6, 6.07) is 15.4. The largest absolute Gasteiger partial charge is 0.497 e. The van der Waals surface area contributed by atoms with E-state index in [-0.39, 0.29) is 5.91 Å². The summed E-state index contributed by atoms with van der Waals surface area (Å²) < 4.78 is 5.17. The Morgan fingerprint density at radius 2 is 1.68 bits per heavy atom. The Labute approximate surface area is 165 Å². The average molecular weight is 375 g/mol. The summed E-state index contributed by atoms with van der Waals surface area (Å²) in [5, 5.41) is 6.28. The number of amides is 1. The van der Waals surface area contributed by atoms with Gasteiger partial charge in [-0.25, -0.2) is 4.98 Å². The van der Waals surface area contributed by atoms with Crippen LogP contribution in [-0.2, 0) is 6.54 Å². The van der Waals surface area contributed by atoms with Gasteiger partial charge in [0.1, 0.15) is 11.6 Å². The van der Waals surface area contributed by atoms with Crippen LogP contribution in [0.3, 0.4) is 0 Å². The molecule has 5 nitrogen and oxygen atoms in total. The predicted octanol–water partition coefficient (Wildman–Crippen LogP) is 4.88. The minimum absolute atomic E-state index is 0.148. The fourth-order valence-corrected chi connectivity index (χ4v) is 3.17. The monoisotopic (exact) mass is 375 g/mol. The lowest BCUT2D eigenvalue weighted by Crippen LogP contribution is -2.14. The van der Waals surface area contributed by atoms with Gasteiger partial charge in [-0.3, -0.25) is 4.79 Å². The summed E-state index contributed by atoms with van der Waals surface area (Å²) in [5.74, 6) is 1.33. The molecule has 144 valence electrons. The van der Waals surface area contributed by atoms with Crippen molar-refractivity contribution in [3.8, 4) is 5.75 Å². The molecule has 0 aliphatic carbocycles. The first-order valence-electron chi connectivity index (χ1n) is 9.18. The highest BCUT2D eigenvalue weighted by Crippen LogP contribution is 2.23. The van der Waals surface area contributed by atoms with Gasteiger partial charge >= 0.3 is 0 Å². The number of nitrogens with zero attached hydrogens (tertiary/aromatic N) is 1. The fraction of sp³-hybridized carbons (Fsp3) is 0.217. The van der Waals surface area contributed by atoms with Gasteiger partial charge in [0.25, 0.3) is 5.91 Å². The maximum atomic E-state index is 12.7. The van der Waals surface area contributed by atoms with Crippen molar-refractivity contribution in [2.24, 2.45) is 0 Å². The van der Waals surface area contributed by atoms with E-state index < -0.39 is 0 Å². The van der Waals surface area contributed by atoms with E-state index in [1.165, 1.54) is 5.56 Å². The molecule has 2 N–H and O–H groups in total. The quantitative estimate of drug-likeness (QED) is 0.644. The number of benzene rings is 2. The molecule has 0 unspecified atom stereocenters. The second-order valence-corrected chi connectivity index (χ2v) is 6.86. The molecule has 0 fully saturated rings. The van der Waals surface area contributed by atoms with Crippen LogP contribution in [0.4, 0.5) is 11.5 Å². The van der Waals surface area contributed by atoms with Crippen molar-refractivity contribution in [3.05, 3.63) is 82.5 Å². The van der Waals surface area contributed by atoms with Crippen LogP contribution in [0.15, 0.2) is 54.7 Å². The number of rotatable bonds is 6. The number of hydrogen-bond donors (Lipinski definition) is 2. The second-order valence-electron chi connectivity index (χ2n) is 6.86. The van der Waals surface area contributed by atoms with Crippen LogP contribution in [0.1, 0.15) is 32.6 Å². The molecule has 0 aliphatic rings. The van der Waals surface area contributed by atoms with E-state index in [4.69, 9.17) is 4.74 Å². The highest BCUT2D eigenvalue weighted by atomic mass is 16.5. The summed E-state index contributed by atoms with van der Waals surface area (Å²) in [7, 11) is 1.65. The number of nitrogens with one attached hydrogen (secondary N) is 2. The first-order chi connectivity index (χ1) is 13.5. The van der Waals surface area contributed by atoms with Crippen LogP contribution in [0.2, 0.25) is 0 Å². The second kappa shape index (κ2) is 8.57. The maximum absolute atomic E-state index is 12.7. The van der Waals surface area contributed by atoms with Gasteiger partial charge in [0.2, 0.25) is 0 Å². The highest BCUT2D eigenvalue weighted by Gasteiger charge is 2.11. The van der Waals surface area contributed by atoms with Gasteiger partial charge in [0.15, 0.2) is 0 Å². The Balaban J connectivity index is 1.69. The van der Waals surface area contributed by atoms with Gasteiger partial charge in [0.05, 0.1) is 7.11 Å². The summed E-state index contributed by atoms with van der Waals surface area (Å²) in [6.07, 6.45) is 1.64. The van der Waals surface area contributed by atoms with E-state index in [1.807, 2.05) is 38.1 Å². The average Bonchev–Trinajstić information content (AvgIpc) is 2.69. The smallest absolute Gasteiger partial charge is 0.255 e. The molecule has 0 bridgehead atoms. The molecule has 3 rings (SSSR count). The minimum Gasteiger partial charge on any atom is -0.497 e. The van der Waals surface area contributed by atoms with Crippen LogP contribution >= 0.6 is 0 Å². The van der Waals surface area contributed by atoms with Gasteiger partial charge in [-0.2, -0.15) is 0 Å². The summed E-state index contributed by atoms with van der Waals surface area (Å²) in [4.78, 5) is 17.0. The molecular weight excluding hydrogens is 350 g/mol. The Hall–Kier alpha value is -3.34. The maximum Gasteiger partial charge on any atom is 0.255 e. The normalized spacial score (nSPS) is 10.4. The van der Waals surface area contributed by atoms with Crippen molar-refractivity contribution in [1.82, 2.24) is 4.98 Å². The fourth-order valence-electron chi connectivity index (χ4n) is 3.17. The molecule has 2 aromatic carbocycles. The molecule has 5 heteroatoms. The third-order valence-electron chi connectivity index (χ3n) is 4.57. The van der Waals surface area contributed by atoms with E-state index in [2.05, 4.69) is 34.7 Å². The zero-order valence-corrected chi connectivity index (χ0v) is 16.7. The lowest BCUT2D eigenvalue weighted by Gasteiger charge is -2.13. The summed E-state index contributed by atoms with van der Waals surface area (Å²) in [5.41, 5.74) is 5.81. The van der Waals surface area contributed by atoms with Crippen LogP contribution < -0.4 is 15.4 Å². The van der Waals surface area contributed by atoms with Crippen molar-refractivity contribution in [2.45, 2.75) is 27.3 Å². The SMILES string of the molecule is COc1ccc(CNc2cc(C(=O)Nc3c(C)cc(C)cc3C)ccn2)cc1. The minimum atomic E-state index is -0.148. The van der Waals surface area contributed by atoms with Crippen molar-refractivity contribution in [1.29, 1.82) is 0 Å². The number of ether oxygens (including phenoxy) is 1. The standard InChI is InChI=1S/C23H25N3O2/c1-15-11-16(2)22(17(3)12-15)26-23(27)19-9-10-24-21(13-19)25-14-18-5-7-20(28-4)8-6-18/h5-13H,14H2,1-4H3,(H,24,25)(H,26,27). The summed E-state index contributed by atoms with van der Waals surface area (Å²) in [6.45, 7) is 6.67. The zero-order valence-electron chi connectivity index (χ0n) is 16.7. The van der Waals surface area contributed by atoms with Gasteiger partial charge in [-0.15, -0.1) is 0 Å². The van der Waals surface area contributed by atoms with Crippen molar-refractivity contribution >= 4 is 17.4 Å². The topological polar surface area (TPSA) is 63.2 Å². The predicted molar refractivity (Wildman–Crippen MR) is 113 cm³/mol. The Bertz CT molecular complexity index is 958. The van der Waals surface area contributed by atoms with E-state index in [1.54, 1.807) is 25.4 Å². The van der Waals surface area contributed by atoms with Crippen LogP contribution in [0.5, 0.6) is 5.75 Å². The first kappa shape index (κ1) is 19.4. The Kier molecular flexibility index (Phi) is 5.94. The number of hydrogen-bond acceptors (Lipinski definition) is 4. The first-order valence-corrected chi connectivity index (χ1v) is 9.18. The van der Waals surface area contributed by atoms with Crippen molar-refractivity contribution in [3.63, 3.8) is 0 Å². The third-order valence-corrected chi connectivity index (χ3v) is 4.57. The highest BCUT2D eigenvalue weighted by molar-refractivity contribution is 6.05. The van der Waals surface area contributed by atoms with Gasteiger partial charge in [0, 0.05) is 24.0 Å². The van der Waals surface area contributed by atoms with Crippen LogP contribution in [-0.4, -0.2) is 18.0 Å². The van der Waals surface area contributed by atoms with E-state index in [0.29, 0.717) is 17.9 Å². The number of methoxy groups -OCH3 is 1. The molecule has 1 heterocycles. The lowest BCUT2D eigenvalue weighted by atomic mass is 10.0. The molecule has 0 atom stereocenters. The lowest BCUT2D eigenvalue weighted by molar-refractivity contribution is 0.102. The van der Waals surface area contributed by atoms with Gasteiger partial charge < -0.3 is 15.4 Å². The van der Waals surface area contributed by atoms with E-state index in [0.717, 1.165) is 28.1 Å². The van der Waals surface area contributed by atoms with E-state index >= 15 is 0 Å². The molecule has 28 heavy (non-hydrogen) atoms. The van der Waals surface area contributed by atoms with E-state index in [9.17, 15) is 4.79 Å². The number of carbonyl (C=O) groups is 1. The van der Waals surface area contributed by atoms with Crippen LogP contribution in [0, 0.1) is 20.8 Å². The molecule has 0 spiro atoms.